The Labute approximate surface area is 125 Å². The Bertz CT molecular complexity index is 726. The Morgan fingerprint density at radius 1 is 1.25 bits per heavy atom. The average Bonchev–Trinajstić information content (AvgIpc) is 2.77. The van der Waals surface area contributed by atoms with Crippen molar-refractivity contribution in [2.45, 2.75) is 13.0 Å². The van der Waals surface area contributed by atoms with E-state index in [4.69, 9.17) is 23.2 Å². The molecule has 0 fully saturated rings. The maximum absolute atomic E-state index is 5.96. The lowest BCUT2D eigenvalue weighted by Crippen LogP contribution is -2.08. The summed E-state index contributed by atoms with van der Waals surface area (Å²) in [6, 6.07) is 3.67. The summed E-state index contributed by atoms with van der Waals surface area (Å²) in [6.07, 6.45) is 5.53. The fourth-order valence-electron chi connectivity index (χ4n) is 2.05. The average molecular weight is 308 g/mol. The minimum absolute atomic E-state index is 0.501. The molecule has 0 atom stereocenters. The van der Waals surface area contributed by atoms with Crippen LogP contribution in [0.2, 0.25) is 5.02 Å². The summed E-state index contributed by atoms with van der Waals surface area (Å²) in [5.74, 6) is 1.38. The predicted octanol–water partition coefficient (Wildman–Crippen LogP) is 2.70. The van der Waals surface area contributed by atoms with Crippen LogP contribution in [-0.4, -0.2) is 30.4 Å². The van der Waals surface area contributed by atoms with Gasteiger partial charge in [-0.3, -0.25) is 0 Å². The lowest BCUT2D eigenvalue weighted by atomic mass is 10.3. The molecule has 0 radical (unpaired) electrons. The largest absolute Gasteiger partial charge is 0.307 e. The third-order valence-electron chi connectivity index (χ3n) is 2.91. The highest BCUT2D eigenvalue weighted by atomic mass is 35.5. The van der Waals surface area contributed by atoms with E-state index in [2.05, 4.69) is 19.9 Å². The fraction of sp³-hybridized carbons (Fsp3) is 0.231. The number of fused-ring (bicyclic) bond motifs is 1. The number of aryl methyl sites for hydroxylation is 1. The normalized spacial score (nSPS) is 11.1. The first-order chi connectivity index (χ1) is 9.78. The van der Waals surface area contributed by atoms with Gasteiger partial charge in [-0.1, -0.05) is 11.6 Å². The first-order valence-electron chi connectivity index (χ1n) is 6.09. The van der Waals surface area contributed by atoms with Crippen molar-refractivity contribution in [3.63, 3.8) is 0 Å². The number of hydrogen-bond acceptors (Lipinski definition) is 4. The van der Waals surface area contributed by atoms with Crippen LogP contribution in [0, 0.1) is 0 Å². The smallest absolute Gasteiger partial charge is 0.160 e. The number of halogens is 2. The Hall–Kier alpha value is -1.72. The number of aromatic nitrogens is 5. The van der Waals surface area contributed by atoms with Crippen LogP contribution >= 0.6 is 23.2 Å². The van der Waals surface area contributed by atoms with E-state index in [1.165, 1.54) is 6.33 Å². The van der Waals surface area contributed by atoms with Crippen molar-refractivity contribution < 1.29 is 0 Å². The fourth-order valence-corrected chi connectivity index (χ4v) is 2.37. The first kappa shape index (κ1) is 13.3. The van der Waals surface area contributed by atoms with Crippen LogP contribution in [0.25, 0.3) is 11.2 Å². The van der Waals surface area contributed by atoms with E-state index < -0.39 is 0 Å². The molecular weight excluding hydrogens is 297 g/mol. The zero-order valence-electron chi connectivity index (χ0n) is 10.5. The molecule has 20 heavy (non-hydrogen) atoms. The van der Waals surface area contributed by atoms with E-state index in [9.17, 15) is 0 Å². The van der Waals surface area contributed by atoms with Gasteiger partial charge in [0.1, 0.15) is 17.7 Å². The second-order valence-electron chi connectivity index (χ2n) is 4.25. The zero-order valence-corrected chi connectivity index (χ0v) is 12.0. The van der Waals surface area contributed by atoms with Gasteiger partial charge in [0.05, 0.1) is 17.3 Å². The minimum atomic E-state index is 0.501. The van der Waals surface area contributed by atoms with E-state index in [-0.39, 0.29) is 0 Å². The Morgan fingerprint density at radius 2 is 2.15 bits per heavy atom. The summed E-state index contributed by atoms with van der Waals surface area (Å²) in [4.78, 5) is 17.1. The molecule has 7 heteroatoms. The molecule has 0 N–H and O–H groups in total. The summed E-state index contributed by atoms with van der Waals surface area (Å²) in [5, 5.41) is 0.571. The number of nitrogens with zero attached hydrogens (tertiary/aromatic N) is 5. The van der Waals surface area contributed by atoms with Crippen LogP contribution in [0.4, 0.5) is 0 Å². The number of pyridine rings is 1. The lowest BCUT2D eigenvalue weighted by Gasteiger charge is -2.07. The van der Waals surface area contributed by atoms with Gasteiger partial charge >= 0.3 is 0 Å². The Balaban J connectivity index is 2.09. The molecule has 0 aromatic carbocycles. The zero-order chi connectivity index (χ0) is 13.9. The highest BCUT2D eigenvalue weighted by Gasteiger charge is 2.12. The van der Waals surface area contributed by atoms with Gasteiger partial charge in [-0.15, -0.1) is 11.6 Å². The molecule has 102 valence electrons. The Kier molecular flexibility index (Phi) is 3.80. The van der Waals surface area contributed by atoms with Gasteiger partial charge < -0.3 is 4.57 Å². The van der Waals surface area contributed by atoms with Crippen LogP contribution in [0.5, 0.6) is 0 Å². The number of imidazole rings is 1. The maximum atomic E-state index is 5.96. The topological polar surface area (TPSA) is 56.5 Å². The van der Waals surface area contributed by atoms with Crippen molar-refractivity contribution >= 4 is 34.4 Å². The molecule has 0 saturated carbocycles. The van der Waals surface area contributed by atoms with Crippen molar-refractivity contribution in [3.8, 4) is 0 Å². The van der Waals surface area contributed by atoms with E-state index in [1.807, 2.05) is 10.6 Å². The van der Waals surface area contributed by atoms with Crippen molar-refractivity contribution in [1.82, 2.24) is 24.5 Å². The molecule has 3 aromatic heterocycles. The lowest BCUT2D eigenvalue weighted by molar-refractivity contribution is 0.728. The first-order valence-corrected chi connectivity index (χ1v) is 7.00. The number of rotatable bonds is 4. The van der Waals surface area contributed by atoms with Crippen LogP contribution in [-0.2, 0) is 13.0 Å². The summed E-state index contributed by atoms with van der Waals surface area (Å²) in [5.41, 5.74) is 2.45. The molecular formula is C13H11Cl2N5. The SMILES string of the molecule is ClCCc1nc2cc(Cl)cnc2n1Cc1ccncn1. The van der Waals surface area contributed by atoms with Crippen molar-refractivity contribution in [2.75, 3.05) is 5.88 Å². The highest BCUT2D eigenvalue weighted by molar-refractivity contribution is 6.31. The van der Waals surface area contributed by atoms with Gasteiger partial charge in [0.15, 0.2) is 5.65 Å². The number of alkyl halides is 1. The van der Waals surface area contributed by atoms with Crippen molar-refractivity contribution in [1.29, 1.82) is 0 Å². The standard InChI is InChI=1S/C13H11Cl2N5/c14-3-1-12-19-11-5-9(15)6-17-13(11)20(12)7-10-2-4-16-8-18-10/h2,4-6,8H,1,3,7H2. The predicted molar refractivity (Wildman–Crippen MR) is 78.1 cm³/mol. The van der Waals surface area contributed by atoms with Gasteiger partial charge in [0.2, 0.25) is 0 Å². The van der Waals surface area contributed by atoms with Gasteiger partial charge in [0.25, 0.3) is 0 Å². The molecule has 0 unspecified atom stereocenters. The summed E-state index contributed by atoms with van der Waals surface area (Å²) in [6.45, 7) is 0.583. The second-order valence-corrected chi connectivity index (χ2v) is 5.06. The van der Waals surface area contributed by atoms with Crippen LogP contribution in [0.15, 0.2) is 30.9 Å². The number of hydrogen-bond donors (Lipinski definition) is 0. The molecule has 3 heterocycles. The van der Waals surface area contributed by atoms with E-state index in [1.54, 1.807) is 18.5 Å². The molecule has 0 amide bonds. The van der Waals surface area contributed by atoms with Crippen molar-refractivity contribution in [3.05, 3.63) is 47.4 Å². The van der Waals surface area contributed by atoms with Gasteiger partial charge in [-0.25, -0.2) is 19.9 Å². The third-order valence-corrected chi connectivity index (χ3v) is 3.31. The van der Waals surface area contributed by atoms with Crippen LogP contribution < -0.4 is 0 Å². The summed E-state index contributed by atoms with van der Waals surface area (Å²) in [7, 11) is 0. The summed E-state index contributed by atoms with van der Waals surface area (Å²) < 4.78 is 2.01. The highest BCUT2D eigenvalue weighted by Crippen LogP contribution is 2.19. The molecule has 3 rings (SSSR count). The van der Waals surface area contributed by atoms with E-state index in [0.29, 0.717) is 23.9 Å². The molecule has 0 aliphatic rings. The second kappa shape index (κ2) is 5.73. The van der Waals surface area contributed by atoms with Gasteiger partial charge in [-0.05, 0) is 12.1 Å². The third kappa shape index (κ3) is 2.59. The van der Waals surface area contributed by atoms with Crippen LogP contribution in [0.3, 0.4) is 0 Å². The minimum Gasteiger partial charge on any atom is -0.307 e. The quantitative estimate of drug-likeness (QED) is 0.695. The van der Waals surface area contributed by atoms with Gasteiger partial charge in [0, 0.05) is 24.7 Å². The molecule has 0 bridgehead atoms. The molecule has 0 saturated heterocycles. The van der Waals surface area contributed by atoms with Crippen LogP contribution in [0.1, 0.15) is 11.5 Å². The van der Waals surface area contributed by atoms with E-state index in [0.717, 1.165) is 22.7 Å². The van der Waals surface area contributed by atoms with Gasteiger partial charge in [-0.2, -0.15) is 0 Å². The molecule has 0 aliphatic heterocycles. The molecule has 5 nitrogen and oxygen atoms in total. The van der Waals surface area contributed by atoms with E-state index >= 15 is 0 Å². The van der Waals surface area contributed by atoms with Crippen molar-refractivity contribution in [2.24, 2.45) is 0 Å². The molecule has 3 aromatic rings. The monoisotopic (exact) mass is 307 g/mol. The summed E-state index contributed by atoms with van der Waals surface area (Å²) >= 11 is 11.8. The Morgan fingerprint density at radius 3 is 2.90 bits per heavy atom. The molecule has 0 aliphatic carbocycles. The maximum Gasteiger partial charge on any atom is 0.160 e. The molecule has 0 spiro atoms.